The van der Waals surface area contributed by atoms with Crippen LogP contribution in [0.25, 0.3) is 0 Å². The average molecular weight is 483 g/mol. The molecule has 0 aliphatic carbocycles. The summed E-state index contributed by atoms with van der Waals surface area (Å²) in [5.74, 6) is -0.274. The number of carbonyl (C=O) groups is 1. The Bertz CT molecular complexity index is 1050. The topological polar surface area (TPSA) is 136 Å². The lowest BCUT2D eigenvalue weighted by Crippen LogP contribution is -2.68. The lowest BCUT2D eigenvalue weighted by Gasteiger charge is -2.54. The van der Waals surface area contributed by atoms with Crippen molar-refractivity contribution in [2.75, 3.05) is 20.8 Å². The van der Waals surface area contributed by atoms with E-state index in [9.17, 15) is 24.6 Å². The summed E-state index contributed by atoms with van der Waals surface area (Å²) in [6.07, 6.45) is -0.599. The highest BCUT2D eigenvalue weighted by Gasteiger charge is 2.59. The van der Waals surface area contributed by atoms with Crippen molar-refractivity contribution in [1.29, 1.82) is 0 Å². The lowest BCUT2D eigenvalue weighted by atomic mass is 9.80. The number of nitrogens with zero attached hydrogens (tertiary/aromatic N) is 4. The molecule has 0 saturated carbocycles. The first kappa shape index (κ1) is 24.9. The molecule has 3 saturated heterocycles. The van der Waals surface area contributed by atoms with E-state index in [2.05, 4.69) is 0 Å². The normalized spacial score (nSPS) is 32.6. The second-order valence-electron chi connectivity index (χ2n) is 9.80. The third-order valence-electron chi connectivity index (χ3n) is 7.40. The number of carbonyl (C=O) groups excluding carboxylic acids is 1. The minimum Gasteiger partial charge on any atom is -0.394 e. The van der Waals surface area contributed by atoms with E-state index in [4.69, 9.17) is 14.2 Å². The van der Waals surface area contributed by atoms with E-state index in [1.54, 1.807) is 23.6 Å². The van der Waals surface area contributed by atoms with Gasteiger partial charge in [0.25, 0.3) is 5.56 Å². The summed E-state index contributed by atoms with van der Waals surface area (Å²) in [7, 11) is 2.83. The third kappa shape index (κ3) is 3.77. The monoisotopic (exact) mass is 482 g/mol. The molecule has 3 fully saturated rings. The van der Waals surface area contributed by atoms with Gasteiger partial charge in [0.05, 0.1) is 30.5 Å². The van der Waals surface area contributed by atoms with Gasteiger partial charge < -0.3 is 29.3 Å². The van der Waals surface area contributed by atoms with Crippen LogP contribution >= 0.6 is 0 Å². The van der Waals surface area contributed by atoms with Gasteiger partial charge >= 0.3 is 11.7 Å². The minimum absolute atomic E-state index is 0.114. The van der Waals surface area contributed by atoms with E-state index in [0.717, 1.165) is 4.57 Å². The molecular formula is C22H34N4O8. The van der Waals surface area contributed by atoms with Crippen molar-refractivity contribution in [3.05, 3.63) is 32.6 Å². The van der Waals surface area contributed by atoms with Crippen LogP contribution in [0.5, 0.6) is 0 Å². The first-order valence-electron chi connectivity index (χ1n) is 11.5. The number of aliphatic hydroxyl groups excluding tert-OH is 2. The fourth-order valence-electron chi connectivity index (χ4n) is 5.77. The van der Waals surface area contributed by atoms with Gasteiger partial charge in [-0.1, -0.05) is 6.92 Å². The highest BCUT2D eigenvalue weighted by atomic mass is 16.5. The largest absolute Gasteiger partial charge is 0.394 e. The maximum Gasteiger partial charge on any atom is 0.335 e. The second kappa shape index (κ2) is 9.08. The maximum absolute atomic E-state index is 13.7. The molecule has 2 N–H and O–H groups in total. The molecule has 1 aromatic rings. The van der Waals surface area contributed by atoms with Crippen molar-refractivity contribution in [2.24, 2.45) is 5.92 Å². The van der Waals surface area contributed by atoms with Crippen molar-refractivity contribution in [3.8, 4) is 0 Å². The molecule has 3 aliphatic heterocycles. The van der Waals surface area contributed by atoms with Gasteiger partial charge in [0, 0.05) is 32.2 Å². The van der Waals surface area contributed by atoms with E-state index >= 15 is 0 Å². The standard InChI is InChI=1S/C22H34N4O8/c1-12-16(9-27)25-13(7-17(12)28)6-15-19(34-22(2,3)26(15)21(25)31)14-8-18(29)24(11-33-5)20(30)23(14)10-32-4/h8,12-13,15-17,19,27-28H,6-7,9-11H2,1-5H3/t12-,13+,15-,16-,17+,19-/m1/s1. The molecule has 0 bridgehead atoms. The van der Waals surface area contributed by atoms with Crippen LogP contribution in [-0.4, -0.2) is 86.0 Å². The van der Waals surface area contributed by atoms with Gasteiger partial charge in [-0.15, -0.1) is 0 Å². The number of urea groups is 1. The molecule has 4 rings (SSSR count). The predicted molar refractivity (Wildman–Crippen MR) is 119 cm³/mol. The van der Waals surface area contributed by atoms with Crippen LogP contribution in [0.15, 0.2) is 15.7 Å². The molecule has 12 heteroatoms. The summed E-state index contributed by atoms with van der Waals surface area (Å²) in [6, 6.07) is -0.270. The second-order valence-corrected chi connectivity index (χ2v) is 9.80. The van der Waals surface area contributed by atoms with E-state index in [1.165, 1.54) is 24.9 Å². The summed E-state index contributed by atoms with van der Waals surface area (Å²) >= 11 is 0. The SMILES string of the molecule is COCn1c([C@H]2OC(C)(C)N3C(=O)N4[C@@H](C[C@H]23)C[C@H](O)[C@H](C)[C@H]4CO)cc(=O)n(COC)c1=O. The number of methoxy groups -OCH3 is 2. The molecule has 0 radical (unpaired) electrons. The van der Waals surface area contributed by atoms with Gasteiger partial charge in [-0.05, 0) is 26.7 Å². The molecule has 1 aromatic heterocycles. The Kier molecular flexibility index (Phi) is 6.64. The van der Waals surface area contributed by atoms with Gasteiger partial charge in [0.15, 0.2) is 0 Å². The van der Waals surface area contributed by atoms with Crippen LogP contribution < -0.4 is 11.2 Å². The van der Waals surface area contributed by atoms with Crippen LogP contribution in [-0.2, 0) is 27.7 Å². The first-order valence-corrected chi connectivity index (χ1v) is 11.5. The molecule has 3 aliphatic rings. The van der Waals surface area contributed by atoms with E-state index in [1.807, 2.05) is 6.92 Å². The Morgan fingerprint density at radius 2 is 1.76 bits per heavy atom. The summed E-state index contributed by atoms with van der Waals surface area (Å²) < 4.78 is 18.8. The Balaban J connectivity index is 1.80. The van der Waals surface area contributed by atoms with E-state index in [0.29, 0.717) is 18.5 Å². The summed E-state index contributed by atoms with van der Waals surface area (Å²) in [6.45, 7) is 4.78. The number of amides is 2. The molecule has 6 atom stereocenters. The number of fused-ring (bicyclic) bond motifs is 2. The van der Waals surface area contributed by atoms with E-state index < -0.39 is 41.3 Å². The minimum atomic E-state index is -1.04. The van der Waals surface area contributed by atoms with Crippen molar-refractivity contribution >= 4 is 6.03 Å². The molecule has 190 valence electrons. The number of rotatable bonds is 6. The number of hydrogen-bond acceptors (Lipinski definition) is 8. The van der Waals surface area contributed by atoms with Gasteiger partial charge in [-0.2, -0.15) is 0 Å². The van der Waals surface area contributed by atoms with Gasteiger partial charge in [-0.25, -0.2) is 14.2 Å². The number of ether oxygens (including phenoxy) is 3. The first-order chi connectivity index (χ1) is 16.1. The number of hydrogen-bond donors (Lipinski definition) is 2. The highest BCUT2D eigenvalue weighted by Crippen LogP contribution is 2.48. The van der Waals surface area contributed by atoms with Gasteiger partial charge in [-0.3, -0.25) is 14.3 Å². The fourth-order valence-corrected chi connectivity index (χ4v) is 5.77. The summed E-state index contributed by atoms with van der Waals surface area (Å²) in [5, 5.41) is 20.6. The molecule has 0 unspecified atom stereocenters. The smallest absolute Gasteiger partial charge is 0.335 e. The zero-order valence-corrected chi connectivity index (χ0v) is 20.2. The predicted octanol–water partition coefficient (Wildman–Crippen LogP) is -0.348. The number of piperidine rings is 1. The van der Waals surface area contributed by atoms with Crippen LogP contribution in [0, 0.1) is 5.92 Å². The Hall–Kier alpha value is -2.25. The fraction of sp³-hybridized carbons (Fsp3) is 0.773. The average Bonchev–Trinajstić information content (AvgIpc) is 3.05. The number of aromatic nitrogens is 2. The zero-order chi connectivity index (χ0) is 24.9. The molecule has 0 aromatic carbocycles. The maximum atomic E-state index is 13.7. The summed E-state index contributed by atoms with van der Waals surface area (Å²) in [4.78, 5) is 42.9. The summed E-state index contributed by atoms with van der Waals surface area (Å²) in [5.41, 5.74) is -1.86. The van der Waals surface area contributed by atoms with Crippen molar-refractivity contribution in [1.82, 2.24) is 18.9 Å². The van der Waals surface area contributed by atoms with Crippen molar-refractivity contribution < 1.29 is 29.2 Å². The van der Waals surface area contributed by atoms with Crippen molar-refractivity contribution in [3.63, 3.8) is 0 Å². The lowest BCUT2D eigenvalue weighted by molar-refractivity contribution is -0.0923. The zero-order valence-electron chi connectivity index (χ0n) is 20.2. The van der Waals surface area contributed by atoms with Gasteiger partial charge in [0.2, 0.25) is 0 Å². The highest BCUT2D eigenvalue weighted by molar-refractivity contribution is 5.78. The quantitative estimate of drug-likeness (QED) is 0.562. The number of aliphatic hydroxyl groups is 2. The van der Waals surface area contributed by atoms with Gasteiger partial charge in [0.1, 0.15) is 25.3 Å². The van der Waals surface area contributed by atoms with Crippen LogP contribution in [0.2, 0.25) is 0 Å². The van der Waals surface area contributed by atoms with Crippen LogP contribution in [0.3, 0.4) is 0 Å². The third-order valence-corrected chi connectivity index (χ3v) is 7.40. The Morgan fingerprint density at radius 1 is 1.12 bits per heavy atom. The Morgan fingerprint density at radius 3 is 2.38 bits per heavy atom. The van der Waals surface area contributed by atoms with E-state index in [-0.39, 0.29) is 38.1 Å². The molecule has 12 nitrogen and oxygen atoms in total. The Labute approximate surface area is 197 Å². The van der Waals surface area contributed by atoms with Crippen molar-refractivity contribution in [2.45, 2.75) is 83.1 Å². The molecule has 34 heavy (non-hydrogen) atoms. The molecule has 2 amide bonds. The van der Waals surface area contributed by atoms with Crippen LogP contribution in [0.4, 0.5) is 4.79 Å². The molecule has 0 spiro atoms. The van der Waals surface area contributed by atoms with Crippen LogP contribution in [0.1, 0.15) is 45.4 Å². The molecular weight excluding hydrogens is 448 g/mol. The molecule has 4 heterocycles.